The minimum atomic E-state index is -0.353. The van der Waals surface area contributed by atoms with E-state index >= 15 is 0 Å². The van der Waals surface area contributed by atoms with Gasteiger partial charge in [0.25, 0.3) is 0 Å². The lowest BCUT2D eigenvalue weighted by atomic mass is 9.95. The van der Waals surface area contributed by atoms with Gasteiger partial charge in [0.2, 0.25) is 5.91 Å². The van der Waals surface area contributed by atoms with Crippen molar-refractivity contribution >= 4 is 5.91 Å². The van der Waals surface area contributed by atoms with Crippen molar-refractivity contribution in [1.82, 2.24) is 4.90 Å². The third kappa shape index (κ3) is 4.64. The molecule has 100 valence electrons. The molecular formula is C13H26N2O2. The molecule has 0 aliphatic carbocycles. The molecule has 1 heterocycles. The zero-order valence-electron chi connectivity index (χ0n) is 11.1. The van der Waals surface area contributed by atoms with Crippen LogP contribution >= 0.6 is 0 Å². The molecule has 3 atom stereocenters. The van der Waals surface area contributed by atoms with E-state index in [1.165, 1.54) is 0 Å². The Balaban J connectivity index is 2.28. The Morgan fingerprint density at radius 2 is 2.24 bits per heavy atom. The van der Waals surface area contributed by atoms with Crippen LogP contribution in [0, 0.1) is 11.8 Å². The van der Waals surface area contributed by atoms with Crippen LogP contribution in [-0.4, -0.2) is 41.7 Å². The van der Waals surface area contributed by atoms with Gasteiger partial charge in [-0.05, 0) is 37.6 Å². The zero-order valence-corrected chi connectivity index (χ0v) is 11.1. The molecule has 1 fully saturated rings. The van der Waals surface area contributed by atoms with E-state index in [4.69, 9.17) is 5.73 Å². The fourth-order valence-electron chi connectivity index (χ4n) is 2.23. The first-order chi connectivity index (χ1) is 8.04. The van der Waals surface area contributed by atoms with Gasteiger partial charge in [0.05, 0.1) is 6.10 Å². The summed E-state index contributed by atoms with van der Waals surface area (Å²) in [5, 5.41) is 9.75. The third-order valence-electron chi connectivity index (χ3n) is 3.78. The summed E-state index contributed by atoms with van der Waals surface area (Å²) in [5.74, 6) is 1.01. The van der Waals surface area contributed by atoms with Gasteiger partial charge in [-0.3, -0.25) is 4.79 Å². The summed E-state index contributed by atoms with van der Waals surface area (Å²) in [4.78, 5) is 13.7. The van der Waals surface area contributed by atoms with Gasteiger partial charge in [0.1, 0.15) is 0 Å². The first kappa shape index (κ1) is 14.5. The minimum absolute atomic E-state index is 0.180. The van der Waals surface area contributed by atoms with Crippen molar-refractivity contribution in [3.05, 3.63) is 0 Å². The fraction of sp³-hybridized carbons (Fsp3) is 0.923. The van der Waals surface area contributed by atoms with Crippen LogP contribution < -0.4 is 5.73 Å². The van der Waals surface area contributed by atoms with Crippen molar-refractivity contribution in [3.8, 4) is 0 Å². The second-order valence-corrected chi connectivity index (χ2v) is 5.39. The van der Waals surface area contributed by atoms with Crippen LogP contribution in [0.1, 0.15) is 39.5 Å². The topological polar surface area (TPSA) is 66.6 Å². The van der Waals surface area contributed by atoms with Crippen LogP contribution in [0.4, 0.5) is 0 Å². The number of likely N-dealkylation sites (tertiary alicyclic amines) is 1. The Labute approximate surface area is 104 Å². The average Bonchev–Trinajstić information content (AvgIpc) is 2.30. The maximum absolute atomic E-state index is 11.9. The number of hydrogen-bond donors (Lipinski definition) is 2. The van der Waals surface area contributed by atoms with Crippen LogP contribution in [0.25, 0.3) is 0 Å². The Bertz CT molecular complexity index is 246. The van der Waals surface area contributed by atoms with Gasteiger partial charge >= 0.3 is 0 Å². The number of amides is 1. The highest BCUT2D eigenvalue weighted by atomic mass is 16.3. The number of aliphatic hydroxyl groups is 1. The molecule has 0 spiro atoms. The van der Waals surface area contributed by atoms with Crippen molar-refractivity contribution in [3.63, 3.8) is 0 Å². The SMILES string of the molecule is CC(CCN)CCC(=O)N1CCC(C)C(O)C1. The van der Waals surface area contributed by atoms with Gasteiger partial charge in [-0.25, -0.2) is 0 Å². The number of carbonyl (C=O) groups excluding carboxylic acids is 1. The molecule has 17 heavy (non-hydrogen) atoms. The molecule has 0 bridgehead atoms. The Morgan fingerprint density at radius 1 is 1.53 bits per heavy atom. The molecule has 4 heteroatoms. The van der Waals surface area contributed by atoms with E-state index < -0.39 is 0 Å². The summed E-state index contributed by atoms with van der Waals surface area (Å²) in [7, 11) is 0. The van der Waals surface area contributed by atoms with Gasteiger partial charge in [-0.1, -0.05) is 13.8 Å². The largest absolute Gasteiger partial charge is 0.391 e. The van der Waals surface area contributed by atoms with E-state index in [-0.39, 0.29) is 12.0 Å². The molecule has 1 rings (SSSR count). The van der Waals surface area contributed by atoms with E-state index in [0.717, 1.165) is 25.8 Å². The third-order valence-corrected chi connectivity index (χ3v) is 3.78. The maximum atomic E-state index is 11.9. The number of rotatable bonds is 5. The van der Waals surface area contributed by atoms with Crippen LogP contribution in [0.15, 0.2) is 0 Å². The first-order valence-electron chi connectivity index (χ1n) is 6.70. The number of nitrogens with zero attached hydrogens (tertiary/aromatic N) is 1. The normalized spacial score (nSPS) is 26.9. The van der Waals surface area contributed by atoms with Crippen LogP contribution in [-0.2, 0) is 4.79 Å². The minimum Gasteiger partial charge on any atom is -0.391 e. The predicted molar refractivity (Wildman–Crippen MR) is 68.4 cm³/mol. The molecule has 0 radical (unpaired) electrons. The number of hydrogen-bond acceptors (Lipinski definition) is 3. The number of aliphatic hydroxyl groups excluding tert-OH is 1. The summed E-state index contributed by atoms with van der Waals surface area (Å²) >= 11 is 0. The van der Waals surface area contributed by atoms with E-state index in [1.807, 2.05) is 6.92 Å². The lowest BCUT2D eigenvalue weighted by Gasteiger charge is -2.34. The smallest absolute Gasteiger partial charge is 0.222 e. The molecule has 1 saturated heterocycles. The van der Waals surface area contributed by atoms with Crippen LogP contribution in [0.3, 0.4) is 0 Å². The quantitative estimate of drug-likeness (QED) is 0.755. The monoisotopic (exact) mass is 242 g/mol. The lowest BCUT2D eigenvalue weighted by molar-refractivity contribution is -0.135. The Kier molecular flexibility index (Phi) is 5.92. The molecule has 0 aromatic heterocycles. The summed E-state index contributed by atoms with van der Waals surface area (Å²) in [6.07, 6.45) is 3.02. The van der Waals surface area contributed by atoms with Gasteiger partial charge in [0.15, 0.2) is 0 Å². The second kappa shape index (κ2) is 6.97. The molecule has 3 N–H and O–H groups in total. The molecule has 3 unspecified atom stereocenters. The van der Waals surface area contributed by atoms with Crippen LogP contribution in [0.2, 0.25) is 0 Å². The maximum Gasteiger partial charge on any atom is 0.222 e. The highest BCUT2D eigenvalue weighted by Gasteiger charge is 2.26. The van der Waals surface area contributed by atoms with Crippen LogP contribution in [0.5, 0.6) is 0 Å². The molecule has 1 aliphatic rings. The second-order valence-electron chi connectivity index (χ2n) is 5.39. The molecule has 0 aromatic rings. The molecule has 0 aromatic carbocycles. The van der Waals surface area contributed by atoms with Crippen molar-refractivity contribution < 1.29 is 9.90 Å². The molecule has 1 amide bonds. The summed E-state index contributed by atoms with van der Waals surface area (Å²) < 4.78 is 0. The van der Waals surface area contributed by atoms with Gasteiger partial charge in [-0.15, -0.1) is 0 Å². The number of piperidine rings is 1. The van der Waals surface area contributed by atoms with Crippen molar-refractivity contribution in [1.29, 1.82) is 0 Å². The number of β-amino-alcohol motifs (C(OH)–C–C–N with tert-alkyl or cyclic N) is 1. The van der Waals surface area contributed by atoms with E-state index in [9.17, 15) is 9.90 Å². The average molecular weight is 242 g/mol. The van der Waals surface area contributed by atoms with E-state index in [1.54, 1.807) is 4.90 Å². The van der Waals surface area contributed by atoms with Gasteiger partial charge in [0, 0.05) is 19.5 Å². The number of carbonyl (C=O) groups is 1. The standard InChI is InChI=1S/C13H26N2O2/c1-10(5-7-14)3-4-13(17)15-8-6-11(2)12(16)9-15/h10-12,16H,3-9,14H2,1-2H3. The molecule has 1 aliphatic heterocycles. The van der Waals surface area contributed by atoms with Gasteiger partial charge < -0.3 is 15.7 Å². The van der Waals surface area contributed by atoms with E-state index in [0.29, 0.717) is 31.3 Å². The predicted octanol–water partition coefficient (Wildman–Crippen LogP) is 0.981. The Hall–Kier alpha value is -0.610. The first-order valence-corrected chi connectivity index (χ1v) is 6.70. The molecule has 0 saturated carbocycles. The summed E-state index contributed by atoms with van der Waals surface area (Å²) in [6, 6.07) is 0. The Morgan fingerprint density at radius 3 is 2.82 bits per heavy atom. The fourth-order valence-corrected chi connectivity index (χ4v) is 2.23. The van der Waals surface area contributed by atoms with E-state index in [2.05, 4.69) is 6.92 Å². The van der Waals surface area contributed by atoms with Crippen molar-refractivity contribution in [2.45, 2.75) is 45.6 Å². The van der Waals surface area contributed by atoms with Gasteiger partial charge in [-0.2, -0.15) is 0 Å². The molecular weight excluding hydrogens is 216 g/mol. The summed E-state index contributed by atoms with van der Waals surface area (Å²) in [6.45, 7) is 6.16. The van der Waals surface area contributed by atoms with Crippen molar-refractivity contribution in [2.75, 3.05) is 19.6 Å². The van der Waals surface area contributed by atoms with Crippen molar-refractivity contribution in [2.24, 2.45) is 17.6 Å². The lowest BCUT2D eigenvalue weighted by Crippen LogP contribution is -2.45. The summed E-state index contributed by atoms with van der Waals surface area (Å²) in [5.41, 5.74) is 5.48. The number of nitrogens with two attached hydrogens (primary N) is 1. The highest BCUT2D eigenvalue weighted by Crippen LogP contribution is 2.19. The molecule has 4 nitrogen and oxygen atoms in total. The zero-order chi connectivity index (χ0) is 12.8. The highest BCUT2D eigenvalue weighted by molar-refractivity contribution is 5.76.